The van der Waals surface area contributed by atoms with E-state index in [0.717, 1.165) is 5.56 Å². The fraction of sp³-hybridized carbons (Fsp3) is 0.417. The van der Waals surface area contributed by atoms with Crippen LogP contribution in [0.2, 0.25) is 0 Å². The fourth-order valence-corrected chi connectivity index (χ4v) is 2.71. The summed E-state index contributed by atoms with van der Waals surface area (Å²) >= 11 is 5.49. The molecule has 0 spiro atoms. The van der Waals surface area contributed by atoms with Gasteiger partial charge in [0.05, 0.1) is 17.4 Å². The van der Waals surface area contributed by atoms with Gasteiger partial charge in [-0.05, 0) is 30.5 Å². The first-order chi connectivity index (χ1) is 8.57. The van der Waals surface area contributed by atoms with E-state index in [4.69, 9.17) is 16.9 Å². The number of hydrogen-bond donors (Lipinski definition) is 1. The van der Waals surface area contributed by atoms with Crippen molar-refractivity contribution in [2.45, 2.75) is 19.4 Å². The molecule has 1 N–H and O–H groups in total. The van der Waals surface area contributed by atoms with Crippen molar-refractivity contribution in [2.75, 3.05) is 11.6 Å². The van der Waals surface area contributed by atoms with Crippen LogP contribution in [0.5, 0.6) is 0 Å². The first-order valence-corrected chi connectivity index (χ1v) is 7.78. The molecule has 0 atom stereocenters. The Morgan fingerprint density at radius 2 is 2.11 bits per heavy atom. The third kappa shape index (κ3) is 5.50. The summed E-state index contributed by atoms with van der Waals surface area (Å²) in [5, 5.41) is 8.73. The highest BCUT2D eigenvalue weighted by Gasteiger charge is 2.09. The third-order valence-electron chi connectivity index (χ3n) is 2.35. The molecule has 0 fully saturated rings. The molecule has 0 unspecified atom stereocenters. The summed E-state index contributed by atoms with van der Waals surface area (Å²) in [7, 11) is -3.26. The Balaban J connectivity index is 2.51. The number of rotatable bonds is 7. The second-order valence-electron chi connectivity index (χ2n) is 3.85. The van der Waals surface area contributed by atoms with Gasteiger partial charge in [0.25, 0.3) is 0 Å². The molecule has 18 heavy (non-hydrogen) atoms. The van der Waals surface area contributed by atoms with Gasteiger partial charge in [-0.3, -0.25) is 0 Å². The molecule has 0 radical (unpaired) electrons. The molecule has 0 aliphatic carbocycles. The Morgan fingerprint density at radius 3 is 2.78 bits per heavy atom. The van der Waals surface area contributed by atoms with Crippen LogP contribution in [0.1, 0.15) is 24.0 Å². The van der Waals surface area contributed by atoms with Crippen LogP contribution in [0.15, 0.2) is 24.3 Å². The summed E-state index contributed by atoms with van der Waals surface area (Å²) in [6, 6.07) is 8.87. The Kier molecular flexibility index (Phi) is 6.13. The summed E-state index contributed by atoms with van der Waals surface area (Å²) in [6.07, 6.45) is 1.24. The van der Waals surface area contributed by atoms with Crippen molar-refractivity contribution in [3.8, 4) is 6.07 Å². The van der Waals surface area contributed by atoms with Crippen LogP contribution in [-0.2, 0) is 16.6 Å². The fourth-order valence-electron chi connectivity index (χ4n) is 1.40. The molecule has 0 aliphatic heterocycles. The summed E-state index contributed by atoms with van der Waals surface area (Å²) in [6.45, 7) is 0.207. The number of alkyl halides is 1. The standard InChI is InChI=1S/C12H15ClN2O2S/c13-6-1-2-7-18(16,17)15-10-12-5-3-4-11(8-12)9-14/h3-5,8,15H,1-2,6-7,10H2. The molecule has 4 nitrogen and oxygen atoms in total. The van der Waals surface area contributed by atoms with E-state index in [2.05, 4.69) is 4.72 Å². The molecular formula is C12H15ClN2O2S. The number of benzene rings is 1. The molecular weight excluding hydrogens is 272 g/mol. The normalized spacial score (nSPS) is 11.1. The van der Waals surface area contributed by atoms with Gasteiger partial charge in [0.1, 0.15) is 0 Å². The molecule has 0 bridgehead atoms. The maximum Gasteiger partial charge on any atom is 0.211 e. The number of nitrogens with one attached hydrogen (secondary N) is 1. The average molecular weight is 287 g/mol. The van der Waals surface area contributed by atoms with Crippen LogP contribution in [-0.4, -0.2) is 20.1 Å². The summed E-state index contributed by atoms with van der Waals surface area (Å²) in [4.78, 5) is 0. The van der Waals surface area contributed by atoms with Gasteiger partial charge in [0.2, 0.25) is 10.0 Å². The van der Waals surface area contributed by atoms with Gasteiger partial charge in [-0.2, -0.15) is 5.26 Å². The maximum atomic E-state index is 11.6. The molecule has 0 aromatic heterocycles. The second-order valence-corrected chi connectivity index (χ2v) is 6.15. The van der Waals surface area contributed by atoms with Gasteiger partial charge in [0.15, 0.2) is 0 Å². The van der Waals surface area contributed by atoms with E-state index >= 15 is 0 Å². The molecule has 0 heterocycles. The smallest absolute Gasteiger partial charge is 0.211 e. The van der Waals surface area contributed by atoms with Gasteiger partial charge in [-0.1, -0.05) is 12.1 Å². The lowest BCUT2D eigenvalue weighted by Crippen LogP contribution is -2.26. The van der Waals surface area contributed by atoms with Gasteiger partial charge in [-0.15, -0.1) is 11.6 Å². The predicted molar refractivity (Wildman–Crippen MR) is 71.7 cm³/mol. The minimum Gasteiger partial charge on any atom is -0.212 e. The average Bonchev–Trinajstić information content (AvgIpc) is 2.37. The maximum absolute atomic E-state index is 11.6. The highest BCUT2D eigenvalue weighted by Crippen LogP contribution is 2.05. The van der Waals surface area contributed by atoms with Crippen LogP contribution in [0, 0.1) is 11.3 Å². The Labute approximate surface area is 113 Å². The lowest BCUT2D eigenvalue weighted by atomic mass is 10.1. The van der Waals surface area contributed by atoms with Gasteiger partial charge < -0.3 is 0 Å². The van der Waals surface area contributed by atoms with Crippen molar-refractivity contribution in [3.63, 3.8) is 0 Å². The van der Waals surface area contributed by atoms with E-state index in [1.54, 1.807) is 24.3 Å². The Bertz CT molecular complexity index is 523. The SMILES string of the molecule is N#Cc1cccc(CNS(=O)(=O)CCCCCl)c1. The molecule has 6 heteroatoms. The molecule has 98 valence electrons. The summed E-state index contributed by atoms with van der Waals surface area (Å²) < 4.78 is 25.7. The highest BCUT2D eigenvalue weighted by molar-refractivity contribution is 7.89. The molecule has 0 saturated heterocycles. The zero-order valence-corrected chi connectivity index (χ0v) is 11.5. The zero-order valence-electron chi connectivity index (χ0n) is 9.89. The molecule has 1 rings (SSSR count). The van der Waals surface area contributed by atoms with Crippen LogP contribution in [0.4, 0.5) is 0 Å². The molecule has 0 amide bonds. The first-order valence-electron chi connectivity index (χ1n) is 5.60. The monoisotopic (exact) mass is 286 g/mol. The van der Waals surface area contributed by atoms with Crippen LogP contribution in [0.3, 0.4) is 0 Å². The van der Waals surface area contributed by atoms with Gasteiger partial charge >= 0.3 is 0 Å². The van der Waals surface area contributed by atoms with Gasteiger partial charge in [-0.25, -0.2) is 13.1 Å². The van der Waals surface area contributed by atoms with Crippen LogP contribution in [0.25, 0.3) is 0 Å². The summed E-state index contributed by atoms with van der Waals surface area (Å²) in [5.41, 5.74) is 1.30. The van der Waals surface area contributed by atoms with E-state index in [1.165, 1.54) is 0 Å². The van der Waals surface area contributed by atoms with Gasteiger partial charge in [0, 0.05) is 12.4 Å². The van der Waals surface area contributed by atoms with Crippen molar-refractivity contribution in [1.29, 1.82) is 5.26 Å². The zero-order chi connectivity index (χ0) is 13.4. The predicted octanol–water partition coefficient (Wildman–Crippen LogP) is 2.00. The number of hydrogen-bond acceptors (Lipinski definition) is 3. The van der Waals surface area contributed by atoms with E-state index in [0.29, 0.717) is 24.3 Å². The molecule has 1 aromatic rings. The van der Waals surface area contributed by atoms with E-state index in [-0.39, 0.29) is 12.3 Å². The number of halogens is 1. The largest absolute Gasteiger partial charge is 0.212 e. The number of unbranched alkanes of at least 4 members (excludes halogenated alkanes) is 1. The lowest BCUT2D eigenvalue weighted by molar-refractivity contribution is 0.578. The number of sulfonamides is 1. The topological polar surface area (TPSA) is 70.0 Å². The second kappa shape index (κ2) is 7.37. The number of nitrogens with zero attached hydrogens (tertiary/aromatic N) is 1. The highest BCUT2D eigenvalue weighted by atomic mass is 35.5. The van der Waals surface area contributed by atoms with E-state index in [1.807, 2.05) is 6.07 Å². The third-order valence-corrected chi connectivity index (χ3v) is 4.03. The van der Waals surface area contributed by atoms with Crippen LogP contribution < -0.4 is 4.72 Å². The quantitative estimate of drug-likeness (QED) is 0.616. The summed E-state index contributed by atoms with van der Waals surface area (Å²) in [5.74, 6) is 0.553. The van der Waals surface area contributed by atoms with Crippen molar-refractivity contribution in [1.82, 2.24) is 4.72 Å². The van der Waals surface area contributed by atoms with Crippen molar-refractivity contribution < 1.29 is 8.42 Å². The molecule has 0 saturated carbocycles. The first kappa shape index (κ1) is 15.0. The van der Waals surface area contributed by atoms with Crippen molar-refractivity contribution in [2.24, 2.45) is 0 Å². The number of nitriles is 1. The van der Waals surface area contributed by atoms with Crippen molar-refractivity contribution >= 4 is 21.6 Å². The van der Waals surface area contributed by atoms with E-state index < -0.39 is 10.0 Å². The Morgan fingerprint density at radius 1 is 1.33 bits per heavy atom. The van der Waals surface area contributed by atoms with E-state index in [9.17, 15) is 8.42 Å². The molecule has 0 aliphatic rings. The van der Waals surface area contributed by atoms with Crippen LogP contribution >= 0.6 is 11.6 Å². The molecule has 1 aromatic carbocycles. The minimum absolute atomic E-state index is 0.0810. The lowest BCUT2D eigenvalue weighted by Gasteiger charge is -2.06. The van der Waals surface area contributed by atoms with Crippen molar-refractivity contribution in [3.05, 3.63) is 35.4 Å². The Hall–Kier alpha value is -1.09. The minimum atomic E-state index is -3.26.